The lowest BCUT2D eigenvalue weighted by molar-refractivity contribution is 0.289. The number of para-hydroxylation sites is 1. The third-order valence-corrected chi connectivity index (χ3v) is 3.00. The molecule has 1 aliphatic rings. The van der Waals surface area contributed by atoms with Crippen molar-refractivity contribution in [1.29, 1.82) is 0 Å². The maximum Gasteiger partial charge on any atom is 0.182 e. The first-order valence-electron chi connectivity index (χ1n) is 5.78. The van der Waals surface area contributed by atoms with Gasteiger partial charge in [-0.05, 0) is 24.5 Å². The Morgan fingerprint density at radius 2 is 2.18 bits per heavy atom. The molecule has 0 radical (unpaired) electrons. The van der Waals surface area contributed by atoms with Crippen LogP contribution in [0.1, 0.15) is 12.0 Å². The SMILES string of the molecule is O=c1cc[nH]c(-c2cccc3c2OCCC3)c1. The van der Waals surface area contributed by atoms with Crippen molar-refractivity contribution in [1.82, 2.24) is 4.98 Å². The van der Waals surface area contributed by atoms with Crippen molar-refractivity contribution >= 4 is 0 Å². The summed E-state index contributed by atoms with van der Waals surface area (Å²) in [5.41, 5.74) is 3.02. The first-order valence-corrected chi connectivity index (χ1v) is 5.78. The summed E-state index contributed by atoms with van der Waals surface area (Å²) in [5, 5.41) is 0. The Balaban J connectivity index is 2.18. The van der Waals surface area contributed by atoms with Gasteiger partial charge in [-0.1, -0.05) is 12.1 Å². The minimum absolute atomic E-state index is 0.00663. The van der Waals surface area contributed by atoms with Crippen molar-refractivity contribution in [3.63, 3.8) is 0 Å². The van der Waals surface area contributed by atoms with Gasteiger partial charge >= 0.3 is 0 Å². The average Bonchev–Trinajstić information content (AvgIpc) is 2.38. The highest BCUT2D eigenvalue weighted by atomic mass is 16.5. The van der Waals surface area contributed by atoms with Crippen LogP contribution in [0.15, 0.2) is 41.3 Å². The van der Waals surface area contributed by atoms with E-state index < -0.39 is 0 Å². The second-order valence-corrected chi connectivity index (χ2v) is 4.18. The van der Waals surface area contributed by atoms with Gasteiger partial charge in [0, 0.05) is 23.9 Å². The molecule has 0 saturated heterocycles. The zero-order valence-electron chi connectivity index (χ0n) is 9.40. The number of hydrogen-bond acceptors (Lipinski definition) is 2. The van der Waals surface area contributed by atoms with E-state index in [-0.39, 0.29) is 5.43 Å². The molecule has 86 valence electrons. The molecule has 0 fully saturated rings. The molecule has 1 aromatic heterocycles. The maximum atomic E-state index is 11.4. The Hall–Kier alpha value is -2.03. The van der Waals surface area contributed by atoms with E-state index in [9.17, 15) is 4.79 Å². The van der Waals surface area contributed by atoms with Gasteiger partial charge in [-0.2, -0.15) is 0 Å². The minimum Gasteiger partial charge on any atom is -0.493 e. The van der Waals surface area contributed by atoms with Crippen LogP contribution < -0.4 is 10.2 Å². The Labute approximate surface area is 99.1 Å². The number of nitrogens with one attached hydrogen (secondary N) is 1. The summed E-state index contributed by atoms with van der Waals surface area (Å²) >= 11 is 0. The van der Waals surface area contributed by atoms with Crippen LogP contribution in [0.2, 0.25) is 0 Å². The number of benzene rings is 1. The standard InChI is InChI=1S/C14H13NO2/c16-11-6-7-15-13(9-11)12-5-1-3-10-4-2-8-17-14(10)12/h1,3,5-7,9H,2,4,8H2,(H,15,16). The van der Waals surface area contributed by atoms with Crippen molar-refractivity contribution in [3.05, 3.63) is 52.3 Å². The molecule has 0 spiro atoms. The molecule has 3 heteroatoms. The minimum atomic E-state index is 0.00663. The van der Waals surface area contributed by atoms with Gasteiger partial charge in [0.25, 0.3) is 0 Å². The number of pyridine rings is 1. The van der Waals surface area contributed by atoms with E-state index in [1.54, 1.807) is 12.3 Å². The van der Waals surface area contributed by atoms with E-state index in [0.717, 1.165) is 36.5 Å². The van der Waals surface area contributed by atoms with Crippen LogP contribution >= 0.6 is 0 Å². The number of aromatic amines is 1. The first kappa shape index (κ1) is 10.1. The van der Waals surface area contributed by atoms with E-state index in [1.165, 1.54) is 11.6 Å². The summed E-state index contributed by atoms with van der Waals surface area (Å²) in [6.07, 6.45) is 3.77. The Bertz CT molecular complexity index is 601. The lowest BCUT2D eigenvalue weighted by Crippen LogP contribution is -2.10. The Kier molecular flexibility index (Phi) is 2.44. The third kappa shape index (κ3) is 1.84. The molecule has 17 heavy (non-hydrogen) atoms. The number of aryl methyl sites for hydroxylation is 1. The van der Waals surface area contributed by atoms with Gasteiger partial charge in [0.05, 0.1) is 12.3 Å². The smallest absolute Gasteiger partial charge is 0.182 e. The quantitative estimate of drug-likeness (QED) is 0.812. The Morgan fingerprint density at radius 1 is 1.24 bits per heavy atom. The van der Waals surface area contributed by atoms with Gasteiger partial charge in [-0.15, -0.1) is 0 Å². The van der Waals surface area contributed by atoms with Crippen molar-refractivity contribution in [2.24, 2.45) is 0 Å². The molecule has 0 amide bonds. The van der Waals surface area contributed by atoms with E-state index in [2.05, 4.69) is 11.1 Å². The summed E-state index contributed by atoms with van der Waals surface area (Å²) in [7, 11) is 0. The lowest BCUT2D eigenvalue weighted by atomic mass is 10.0. The van der Waals surface area contributed by atoms with Gasteiger partial charge < -0.3 is 9.72 Å². The highest BCUT2D eigenvalue weighted by Crippen LogP contribution is 2.34. The summed E-state index contributed by atoms with van der Waals surface area (Å²) in [6, 6.07) is 9.19. The van der Waals surface area contributed by atoms with Crippen molar-refractivity contribution in [2.75, 3.05) is 6.61 Å². The van der Waals surface area contributed by atoms with Gasteiger partial charge in [0.1, 0.15) is 5.75 Å². The van der Waals surface area contributed by atoms with Gasteiger partial charge in [0.2, 0.25) is 0 Å². The molecule has 0 saturated carbocycles. The zero-order valence-corrected chi connectivity index (χ0v) is 9.40. The molecular formula is C14H13NO2. The third-order valence-electron chi connectivity index (χ3n) is 3.00. The predicted molar refractivity (Wildman–Crippen MR) is 66.3 cm³/mol. The molecule has 3 rings (SSSR count). The van der Waals surface area contributed by atoms with E-state index in [0.29, 0.717) is 0 Å². The number of rotatable bonds is 1. The van der Waals surface area contributed by atoms with Gasteiger partial charge in [-0.3, -0.25) is 4.79 Å². The van der Waals surface area contributed by atoms with E-state index in [4.69, 9.17) is 4.74 Å². The van der Waals surface area contributed by atoms with Crippen LogP contribution in [0.5, 0.6) is 5.75 Å². The molecule has 3 nitrogen and oxygen atoms in total. The van der Waals surface area contributed by atoms with Crippen LogP contribution in [0.25, 0.3) is 11.3 Å². The number of aromatic nitrogens is 1. The number of H-pyrrole nitrogens is 1. The van der Waals surface area contributed by atoms with Crippen molar-refractivity contribution in [3.8, 4) is 17.0 Å². The van der Waals surface area contributed by atoms with Crippen LogP contribution in [-0.4, -0.2) is 11.6 Å². The van der Waals surface area contributed by atoms with Crippen LogP contribution in [-0.2, 0) is 6.42 Å². The van der Waals surface area contributed by atoms with E-state index in [1.807, 2.05) is 12.1 Å². The topological polar surface area (TPSA) is 42.1 Å². The highest BCUT2D eigenvalue weighted by molar-refractivity contribution is 5.69. The number of ether oxygens (including phenoxy) is 1. The summed E-state index contributed by atoms with van der Waals surface area (Å²) in [6.45, 7) is 0.751. The van der Waals surface area contributed by atoms with Gasteiger partial charge in [-0.25, -0.2) is 0 Å². The largest absolute Gasteiger partial charge is 0.493 e. The van der Waals surface area contributed by atoms with E-state index >= 15 is 0 Å². The molecule has 0 bridgehead atoms. The van der Waals surface area contributed by atoms with Crippen LogP contribution in [0, 0.1) is 0 Å². The molecule has 1 aliphatic heterocycles. The molecular weight excluding hydrogens is 214 g/mol. The molecule has 0 atom stereocenters. The molecule has 0 aliphatic carbocycles. The second-order valence-electron chi connectivity index (χ2n) is 4.18. The maximum absolute atomic E-state index is 11.4. The fourth-order valence-electron chi connectivity index (χ4n) is 2.20. The van der Waals surface area contributed by atoms with Crippen molar-refractivity contribution in [2.45, 2.75) is 12.8 Å². The Morgan fingerprint density at radius 3 is 3.06 bits per heavy atom. The zero-order chi connectivity index (χ0) is 11.7. The molecule has 0 unspecified atom stereocenters. The molecule has 2 heterocycles. The average molecular weight is 227 g/mol. The fourth-order valence-corrected chi connectivity index (χ4v) is 2.20. The predicted octanol–water partition coefficient (Wildman–Crippen LogP) is 2.37. The second kappa shape index (κ2) is 4.09. The number of fused-ring (bicyclic) bond motifs is 1. The van der Waals surface area contributed by atoms with Crippen LogP contribution in [0.3, 0.4) is 0 Å². The summed E-state index contributed by atoms with van der Waals surface area (Å²) in [4.78, 5) is 14.5. The summed E-state index contributed by atoms with van der Waals surface area (Å²) in [5.74, 6) is 0.917. The number of hydrogen-bond donors (Lipinski definition) is 1. The lowest BCUT2D eigenvalue weighted by Gasteiger charge is -2.20. The normalized spacial score (nSPS) is 13.9. The first-order chi connectivity index (χ1) is 8.34. The van der Waals surface area contributed by atoms with Crippen LogP contribution in [0.4, 0.5) is 0 Å². The summed E-state index contributed by atoms with van der Waals surface area (Å²) < 4.78 is 5.73. The molecule has 1 aromatic carbocycles. The monoisotopic (exact) mass is 227 g/mol. The molecule has 2 aromatic rings. The molecule has 1 N–H and O–H groups in total. The fraction of sp³-hybridized carbons (Fsp3) is 0.214. The van der Waals surface area contributed by atoms with Crippen molar-refractivity contribution < 1.29 is 4.74 Å². The van der Waals surface area contributed by atoms with Gasteiger partial charge in [0.15, 0.2) is 5.43 Å². The highest BCUT2D eigenvalue weighted by Gasteiger charge is 2.15.